The normalized spacial score (nSPS) is 12.9. The Morgan fingerprint density at radius 3 is 2.42 bits per heavy atom. The number of methoxy groups -OCH3 is 1. The topological polar surface area (TPSA) is 52.9 Å². The number of nitrogens with zero attached hydrogens (tertiary/aromatic N) is 1. The molecular formula is C15H25NO3. The van der Waals surface area contributed by atoms with Crippen LogP contribution in [0.3, 0.4) is 0 Å². The molecule has 0 bridgehead atoms. The maximum Gasteiger partial charge on any atom is 0.0802 e. The smallest absolute Gasteiger partial charge is 0.0802 e. The number of aryl methyl sites for hydroxylation is 1. The van der Waals surface area contributed by atoms with Crippen LogP contribution in [0, 0.1) is 6.92 Å². The number of benzene rings is 1. The van der Waals surface area contributed by atoms with Crippen molar-refractivity contribution < 1.29 is 14.9 Å². The summed E-state index contributed by atoms with van der Waals surface area (Å²) in [7, 11) is 1.66. The van der Waals surface area contributed by atoms with Gasteiger partial charge in [-0.25, -0.2) is 0 Å². The number of hydrogen-bond acceptors (Lipinski definition) is 4. The lowest BCUT2D eigenvalue weighted by atomic mass is 10.0. The van der Waals surface area contributed by atoms with Crippen LogP contribution in [0.5, 0.6) is 0 Å². The minimum atomic E-state index is -0.454. The summed E-state index contributed by atoms with van der Waals surface area (Å²) >= 11 is 0. The van der Waals surface area contributed by atoms with Crippen molar-refractivity contribution in [3.05, 3.63) is 35.4 Å². The van der Waals surface area contributed by atoms with Crippen molar-refractivity contribution >= 4 is 0 Å². The quantitative estimate of drug-likeness (QED) is 0.709. The molecule has 108 valence electrons. The zero-order valence-corrected chi connectivity index (χ0v) is 11.9. The molecule has 0 amide bonds. The molecule has 1 rings (SSSR count). The lowest BCUT2D eigenvalue weighted by Gasteiger charge is -2.22. The van der Waals surface area contributed by atoms with Crippen molar-refractivity contribution in [2.45, 2.75) is 19.4 Å². The predicted octanol–water partition coefficient (Wildman–Crippen LogP) is 1.36. The van der Waals surface area contributed by atoms with E-state index in [1.54, 1.807) is 7.11 Å². The number of aliphatic hydroxyl groups excluding tert-OH is 2. The molecule has 0 aliphatic heterocycles. The Bertz CT molecular complexity index is 340. The van der Waals surface area contributed by atoms with Crippen LogP contribution in [0.25, 0.3) is 0 Å². The summed E-state index contributed by atoms with van der Waals surface area (Å²) in [6, 6.07) is 7.95. The summed E-state index contributed by atoms with van der Waals surface area (Å²) in [6.07, 6.45) is 0.205. The molecule has 0 saturated heterocycles. The highest BCUT2D eigenvalue weighted by molar-refractivity contribution is 5.22. The van der Waals surface area contributed by atoms with E-state index < -0.39 is 6.10 Å². The van der Waals surface area contributed by atoms with E-state index in [4.69, 9.17) is 9.84 Å². The Labute approximate surface area is 115 Å². The molecule has 1 aromatic rings. The first-order valence-electron chi connectivity index (χ1n) is 6.74. The number of rotatable bonds is 9. The van der Waals surface area contributed by atoms with Crippen LogP contribution in [-0.4, -0.2) is 55.1 Å². The van der Waals surface area contributed by atoms with Crippen LogP contribution in [-0.2, 0) is 4.74 Å². The maximum atomic E-state index is 10.1. The molecular weight excluding hydrogens is 242 g/mol. The molecule has 1 aromatic carbocycles. The third-order valence-electron chi connectivity index (χ3n) is 3.21. The zero-order chi connectivity index (χ0) is 14.1. The van der Waals surface area contributed by atoms with Gasteiger partial charge in [-0.15, -0.1) is 0 Å². The molecule has 0 fully saturated rings. The summed E-state index contributed by atoms with van der Waals surface area (Å²) in [5.41, 5.74) is 2.14. The van der Waals surface area contributed by atoms with Gasteiger partial charge in [0.1, 0.15) is 0 Å². The van der Waals surface area contributed by atoms with E-state index in [-0.39, 0.29) is 6.61 Å². The van der Waals surface area contributed by atoms with E-state index in [0.717, 1.165) is 18.7 Å². The SMILES string of the molecule is COCCN(CCO)CCC(O)c1ccc(C)cc1. The minimum absolute atomic E-state index is 0.129. The average Bonchev–Trinajstić information content (AvgIpc) is 2.42. The Hall–Kier alpha value is -0.940. The summed E-state index contributed by atoms with van der Waals surface area (Å²) in [5, 5.41) is 19.1. The monoisotopic (exact) mass is 267 g/mol. The van der Waals surface area contributed by atoms with Crippen molar-refractivity contribution in [1.29, 1.82) is 0 Å². The van der Waals surface area contributed by atoms with Gasteiger partial charge in [0.15, 0.2) is 0 Å². The summed E-state index contributed by atoms with van der Waals surface area (Å²) in [6.45, 7) is 4.94. The molecule has 4 heteroatoms. The second kappa shape index (κ2) is 9.04. The first-order valence-corrected chi connectivity index (χ1v) is 6.74. The van der Waals surface area contributed by atoms with Gasteiger partial charge in [-0.3, -0.25) is 4.90 Å². The van der Waals surface area contributed by atoms with E-state index in [1.165, 1.54) is 5.56 Å². The van der Waals surface area contributed by atoms with Gasteiger partial charge in [-0.1, -0.05) is 29.8 Å². The van der Waals surface area contributed by atoms with Crippen LogP contribution < -0.4 is 0 Å². The largest absolute Gasteiger partial charge is 0.395 e. The predicted molar refractivity (Wildman–Crippen MR) is 76.2 cm³/mol. The fraction of sp³-hybridized carbons (Fsp3) is 0.600. The molecule has 1 unspecified atom stereocenters. The fourth-order valence-electron chi connectivity index (χ4n) is 1.96. The molecule has 1 atom stereocenters. The van der Waals surface area contributed by atoms with Crippen molar-refractivity contribution in [3.8, 4) is 0 Å². The standard InChI is InChI=1S/C15H25NO3/c1-13-3-5-14(6-4-13)15(18)7-8-16(9-11-17)10-12-19-2/h3-6,15,17-18H,7-12H2,1-2H3. The molecule has 0 aromatic heterocycles. The van der Waals surface area contributed by atoms with E-state index in [0.29, 0.717) is 19.6 Å². The molecule has 0 spiro atoms. The lowest BCUT2D eigenvalue weighted by molar-refractivity contribution is 0.105. The van der Waals surface area contributed by atoms with Gasteiger partial charge >= 0.3 is 0 Å². The third kappa shape index (κ3) is 6.16. The molecule has 0 aliphatic rings. The zero-order valence-electron chi connectivity index (χ0n) is 11.9. The van der Waals surface area contributed by atoms with Crippen LogP contribution in [0.1, 0.15) is 23.7 Å². The van der Waals surface area contributed by atoms with Gasteiger partial charge in [-0.05, 0) is 18.9 Å². The van der Waals surface area contributed by atoms with Gasteiger partial charge in [-0.2, -0.15) is 0 Å². The molecule has 0 heterocycles. The Morgan fingerprint density at radius 2 is 1.84 bits per heavy atom. The first kappa shape index (κ1) is 16.1. The number of aliphatic hydroxyl groups is 2. The van der Waals surface area contributed by atoms with Gasteiger partial charge in [0.2, 0.25) is 0 Å². The Balaban J connectivity index is 2.41. The van der Waals surface area contributed by atoms with Crippen LogP contribution in [0.4, 0.5) is 0 Å². The first-order chi connectivity index (χ1) is 9.17. The van der Waals surface area contributed by atoms with Crippen molar-refractivity contribution in [2.24, 2.45) is 0 Å². The van der Waals surface area contributed by atoms with Gasteiger partial charge in [0.25, 0.3) is 0 Å². The second-order valence-electron chi connectivity index (χ2n) is 4.77. The third-order valence-corrected chi connectivity index (χ3v) is 3.21. The Kier molecular flexibility index (Phi) is 7.67. The minimum Gasteiger partial charge on any atom is -0.395 e. The Morgan fingerprint density at radius 1 is 1.16 bits per heavy atom. The molecule has 0 saturated carbocycles. The summed E-state index contributed by atoms with van der Waals surface area (Å²) in [4.78, 5) is 2.10. The summed E-state index contributed by atoms with van der Waals surface area (Å²) < 4.78 is 5.04. The van der Waals surface area contributed by atoms with Crippen molar-refractivity contribution in [2.75, 3.05) is 40.0 Å². The molecule has 0 aliphatic carbocycles. The van der Waals surface area contributed by atoms with Crippen LogP contribution in [0.2, 0.25) is 0 Å². The van der Waals surface area contributed by atoms with E-state index in [1.807, 2.05) is 31.2 Å². The maximum absolute atomic E-state index is 10.1. The highest BCUT2D eigenvalue weighted by Crippen LogP contribution is 2.17. The van der Waals surface area contributed by atoms with Gasteiger partial charge in [0.05, 0.1) is 19.3 Å². The molecule has 4 nitrogen and oxygen atoms in total. The van der Waals surface area contributed by atoms with Crippen molar-refractivity contribution in [1.82, 2.24) is 4.90 Å². The number of ether oxygens (including phenoxy) is 1. The molecule has 2 N–H and O–H groups in total. The average molecular weight is 267 g/mol. The van der Waals surface area contributed by atoms with Gasteiger partial charge in [0, 0.05) is 26.7 Å². The highest BCUT2D eigenvalue weighted by atomic mass is 16.5. The number of hydrogen-bond donors (Lipinski definition) is 2. The second-order valence-corrected chi connectivity index (χ2v) is 4.77. The molecule has 19 heavy (non-hydrogen) atoms. The van der Waals surface area contributed by atoms with Crippen LogP contribution in [0.15, 0.2) is 24.3 Å². The lowest BCUT2D eigenvalue weighted by Crippen LogP contribution is -2.32. The summed E-state index contributed by atoms with van der Waals surface area (Å²) in [5.74, 6) is 0. The van der Waals surface area contributed by atoms with E-state index in [2.05, 4.69) is 4.90 Å². The molecule has 0 radical (unpaired) electrons. The van der Waals surface area contributed by atoms with Crippen LogP contribution >= 0.6 is 0 Å². The van der Waals surface area contributed by atoms with E-state index >= 15 is 0 Å². The van der Waals surface area contributed by atoms with Gasteiger partial charge < -0.3 is 14.9 Å². The fourth-order valence-corrected chi connectivity index (χ4v) is 1.96. The highest BCUT2D eigenvalue weighted by Gasteiger charge is 2.10. The van der Waals surface area contributed by atoms with E-state index in [9.17, 15) is 5.11 Å². The van der Waals surface area contributed by atoms with Crippen molar-refractivity contribution in [3.63, 3.8) is 0 Å².